The first-order valence-electron chi connectivity index (χ1n) is 7.89. The van der Waals surface area contributed by atoms with Crippen LogP contribution in [-0.2, 0) is 16.1 Å². The second-order valence-electron chi connectivity index (χ2n) is 5.42. The van der Waals surface area contributed by atoms with Gasteiger partial charge in [-0.05, 0) is 12.1 Å². The van der Waals surface area contributed by atoms with Gasteiger partial charge < -0.3 is 9.47 Å². The third-order valence-electron chi connectivity index (χ3n) is 3.86. The van der Waals surface area contributed by atoms with Crippen molar-refractivity contribution in [1.82, 2.24) is 15.0 Å². The fourth-order valence-corrected chi connectivity index (χ4v) is 2.59. The van der Waals surface area contributed by atoms with Gasteiger partial charge in [0.25, 0.3) is 0 Å². The lowest BCUT2D eigenvalue weighted by Crippen LogP contribution is -2.19. The van der Waals surface area contributed by atoms with E-state index < -0.39 is 5.97 Å². The number of aromatic nitrogens is 3. The molecule has 0 radical (unpaired) electrons. The molecule has 7 nitrogen and oxygen atoms in total. The van der Waals surface area contributed by atoms with Crippen molar-refractivity contribution in [2.45, 2.75) is 6.54 Å². The SMILES string of the molecule is COC(=O)Cn1nnc(-c2ccccc2)c1C(=O)c1ccccc1OC. The van der Waals surface area contributed by atoms with Crippen LogP contribution in [0, 0.1) is 0 Å². The van der Waals surface area contributed by atoms with E-state index in [0.29, 0.717) is 17.0 Å². The van der Waals surface area contributed by atoms with Crippen LogP contribution >= 0.6 is 0 Å². The van der Waals surface area contributed by atoms with Gasteiger partial charge in [0.05, 0.1) is 19.8 Å². The minimum absolute atomic E-state index is 0.200. The number of ether oxygens (including phenoxy) is 2. The van der Waals surface area contributed by atoms with Crippen molar-refractivity contribution < 1.29 is 19.1 Å². The van der Waals surface area contributed by atoms with Crippen molar-refractivity contribution in [2.24, 2.45) is 0 Å². The standard InChI is InChI=1S/C19H17N3O4/c1-25-15-11-7-6-10-14(15)19(24)18-17(13-8-4-3-5-9-13)20-21-22(18)12-16(23)26-2/h3-11H,12H2,1-2H3. The third-order valence-corrected chi connectivity index (χ3v) is 3.86. The Morgan fingerprint density at radius 1 is 1.00 bits per heavy atom. The van der Waals surface area contributed by atoms with Crippen LogP contribution in [0.3, 0.4) is 0 Å². The fourth-order valence-electron chi connectivity index (χ4n) is 2.59. The smallest absolute Gasteiger partial charge is 0.327 e. The van der Waals surface area contributed by atoms with Gasteiger partial charge in [0.2, 0.25) is 5.78 Å². The van der Waals surface area contributed by atoms with Crippen LogP contribution in [0.1, 0.15) is 16.1 Å². The lowest BCUT2D eigenvalue weighted by atomic mass is 10.0. The molecule has 0 unspecified atom stereocenters. The van der Waals surface area contributed by atoms with E-state index in [1.807, 2.05) is 30.3 Å². The molecule has 0 atom stereocenters. The van der Waals surface area contributed by atoms with Gasteiger partial charge in [0.1, 0.15) is 23.7 Å². The van der Waals surface area contributed by atoms with Gasteiger partial charge in [-0.15, -0.1) is 5.10 Å². The van der Waals surface area contributed by atoms with Crippen molar-refractivity contribution in [2.75, 3.05) is 14.2 Å². The number of esters is 1. The topological polar surface area (TPSA) is 83.3 Å². The van der Waals surface area contributed by atoms with Crippen molar-refractivity contribution in [3.63, 3.8) is 0 Å². The van der Waals surface area contributed by atoms with Gasteiger partial charge >= 0.3 is 5.97 Å². The van der Waals surface area contributed by atoms with Gasteiger partial charge in [-0.3, -0.25) is 9.59 Å². The Balaban J connectivity index is 2.15. The van der Waals surface area contributed by atoms with Gasteiger partial charge in [-0.25, -0.2) is 4.68 Å². The van der Waals surface area contributed by atoms with Crippen molar-refractivity contribution >= 4 is 11.8 Å². The van der Waals surface area contributed by atoms with Gasteiger partial charge in [-0.2, -0.15) is 0 Å². The molecule has 0 amide bonds. The van der Waals surface area contributed by atoms with Crippen LogP contribution in [0.5, 0.6) is 5.75 Å². The highest BCUT2D eigenvalue weighted by Crippen LogP contribution is 2.27. The Morgan fingerprint density at radius 3 is 2.38 bits per heavy atom. The Kier molecular flexibility index (Phi) is 5.07. The highest BCUT2D eigenvalue weighted by molar-refractivity contribution is 6.12. The average Bonchev–Trinajstić information content (AvgIpc) is 3.11. The number of nitrogens with zero attached hydrogens (tertiary/aromatic N) is 3. The monoisotopic (exact) mass is 351 g/mol. The van der Waals surface area contributed by atoms with Crippen LogP contribution in [0.2, 0.25) is 0 Å². The summed E-state index contributed by atoms with van der Waals surface area (Å²) < 4.78 is 11.2. The van der Waals surface area contributed by atoms with Crippen LogP contribution in [-0.4, -0.2) is 41.0 Å². The predicted molar refractivity (Wildman–Crippen MR) is 93.9 cm³/mol. The lowest BCUT2D eigenvalue weighted by molar-refractivity contribution is -0.141. The molecule has 0 spiro atoms. The van der Waals surface area contributed by atoms with E-state index in [9.17, 15) is 9.59 Å². The number of carbonyl (C=O) groups excluding carboxylic acids is 2. The number of hydrogen-bond donors (Lipinski definition) is 0. The number of rotatable bonds is 6. The van der Waals surface area contributed by atoms with Gasteiger partial charge in [-0.1, -0.05) is 47.7 Å². The molecule has 0 saturated carbocycles. The number of carbonyl (C=O) groups is 2. The third kappa shape index (κ3) is 3.32. The molecule has 0 N–H and O–H groups in total. The Morgan fingerprint density at radius 2 is 1.69 bits per heavy atom. The number of ketones is 1. The molecule has 1 aromatic heterocycles. The molecule has 3 aromatic rings. The largest absolute Gasteiger partial charge is 0.496 e. The van der Waals surface area contributed by atoms with E-state index in [-0.39, 0.29) is 18.0 Å². The summed E-state index contributed by atoms with van der Waals surface area (Å²) in [6, 6.07) is 16.1. The first-order chi connectivity index (χ1) is 12.7. The summed E-state index contributed by atoms with van der Waals surface area (Å²) in [6.45, 7) is -0.216. The van der Waals surface area contributed by atoms with E-state index in [1.165, 1.54) is 18.9 Å². The zero-order valence-electron chi connectivity index (χ0n) is 14.4. The Bertz CT molecular complexity index is 935. The Hall–Kier alpha value is -3.48. The maximum absolute atomic E-state index is 13.2. The first kappa shape index (κ1) is 17.3. The van der Waals surface area contributed by atoms with E-state index in [0.717, 1.165) is 5.56 Å². The summed E-state index contributed by atoms with van der Waals surface area (Å²) in [7, 11) is 2.77. The van der Waals surface area contributed by atoms with Crippen LogP contribution in [0.25, 0.3) is 11.3 Å². The van der Waals surface area contributed by atoms with Crippen LogP contribution in [0.15, 0.2) is 54.6 Å². The van der Waals surface area contributed by atoms with E-state index in [2.05, 4.69) is 10.3 Å². The molecule has 0 aliphatic heterocycles. The molecule has 26 heavy (non-hydrogen) atoms. The molecule has 2 aromatic carbocycles. The zero-order valence-corrected chi connectivity index (χ0v) is 14.4. The molecule has 132 valence electrons. The maximum Gasteiger partial charge on any atom is 0.327 e. The average molecular weight is 351 g/mol. The molecule has 3 rings (SSSR count). The minimum atomic E-state index is -0.524. The fraction of sp³-hybridized carbons (Fsp3) is 0.158. The summed E-state index contributed by atoms with van der Waals surface area (Å²) in [4.78, 5) is 25.0. The maximum atomic E-state index is 13.2. The summed E-state index contributed by atoms with van der Waals surface area (Å²) in [5.41, 5.74) is 1.68. The van der Waals surface area contributed by atoms with Crippen molar-refractivity contribution in [1.29, 1.82) is 0 Å². The minimum Gasteiger partial charge on any atom is -0.496 e. The van der Waals surface area contributed by atoms with E-state index >= 15 is 0 Å². The quantitative estimate of drug-likeness (QED) is 0.501. The number of methoxy groups -OCH3 is 2. The number of para-hydroxylation sites is 1. The predicted octanol–water partition coefficient (Wildman–Crippen LogP) is 2.36. The summed E-state index contributed by atoms with van der Waals surface area (Å²) in [6.07, 6.45) is 0. The second-order valence-corrected chi connectivity index (χ2v) is 5.42. The molecule has 0 bridgehead atoms. The molecular weight excluding hydrogens is 334 g/mol. The normalized spacial score (nSPS) is 10.4. The lowest BCUT2D eigenvalue weighted by Gasteiger charge is -2.10. The highest BCUT2D eigenvalue weighted by atomic mass is 16.5. The highest BCUT2D eigenvalue weighted by Gasteiger charge is 2.26. The van der Waals surface area contributed by atoms with Gasteiger partial charge in [0, 0.05) is 5.56 Å². The first-order valence-corrected chi connectivity index (χ1v) is 7.89. The van der Waals surface area contributed by atoms with Crippen molar-refractivity contribution in [3.05, 3.63) is 65.9 Å². The number of benzene rings is 2. The molecule has 0 fully saturated rings. The molecular formula is C19H17N3O4. The summed E-state index contributed by atoms with van der Waals surface area (Å²) in [5.74, 6) is -0.430. The van der Waals surface area contributed by atoms with E-state index in [1.54, 1.807) is 24.3 Å². The molecule has 1 heterocycles. The molecule has 0 aliphatic carbocycles. The molecule has 0 saturated heterocycles. The van der Waals surface area contributed by atoms with Crippen LogP contribution < -0.4 is 4.74 Å². The summed E-state index contributed by atoms with van der Waals surface area (Å²) >= 11 is 0. The second kappa shape index (κ2) is 7.60. The molecule has 0 aliphatic rings. The zero-order chi connectivity index (χ0) is 18.5. The van der Waals surface area contributed by atoms with Gasteiger partial charge in [0.15, 0.2) is 0 Å². The number of hydrogen-bond acceptors (Lipinski definition) is 6. The molecule has 7 heteroatoms. The van der Waals surface area contributed by atoms with Crippen molar-refractivity contribution in [3.8, 4) is 17.0 Å². The van der Waals surface area contributed by atoms with Crippen LogP contribution in [0.4, 0.5) is 0 Å². The van der Waals surface area contributed by atoms with E-state index in [4.69, 9.17) is 9.47 Å². The summed E-state index contributed by atoms with van der Waals surface area (Å²) in [5, 5.41) is 8.11. The Labute approximate surface area is 150 Å².